The van der Waals surface area contributed by atoms with Gasteiger partial charge in [-0.1, -0.05) is 12.1 Å². The number of hydrogen-bond acceptors (Lipinski definition) is 2. The Labute approximate surface area is 93.6 Å². The predicted octanol–water partition coefficient (Wildman–Crippen LogP) is 1.48. The van der Waals surface area contributed by atoms with E-state index in [-0.39, 0.29) is 5.91 Å². The van der Waals surface area contributed by atoms with Crippen LogP contribution in [0, 0.1) is 6.92 Å². The molecular weight excluding hydrogens is 202 g/mol. The first-order valence-corrected chi connectivity index (χ1v) is 5.23. The average Bonchev–Trinajstić information content (AvgIpc) is 2.50. The largest absolute Gasteiger partial charge is 0.385 e. The summed E-state index contributed by atoms with van der Waals surface area (Å²) in [7, 11) is 0. The van der Waals surface area contributed by atoms with E-state index < -0.39 is 0 Å². The number of rotatable bonds is 3. The predicted molar refractivity (Wildman–Crippen MR) is 65.0 cm³/mol. The Morgan fingerprint density at radius 2 is 2.19 bits per heavy atom. The summed E-state index contributed by atoms with van der Waals surface area (Å²) in [5, 5.41) is 1.07. The molecular formula is C12H15N3O. The number of aromatic amines is 1. The van der Waals surface area contributed by atoms with E-state index in [0.717, 1.165) is 16.5 Å². The molecule has 0 unspecified atom stereocenters. The van der Waals surface area contributed by atoms with Gasteiger partial charge in [0.1, 0.15) is 5.82 Å². The minimum absolute atomic E-state index is 0.305. The van der Waals surface area contributed by atoms with Gasteiger partial charge in [-0.15, -0.1) is 0 Å². The summed E-state index contributed by atoms with van der Waals surface area (Å²) >= 11 is 0. The molecule has 1 amide bonds. The minimum Gasteiger partial charge on any atom is -0.385 e. The maximum absolute atomic E-state index is 10.8. The van der Waals surface area contributed by atoms with E-state index in [2.05, 4.69) is 4.98 Å². The Bertz CT molecular complexity index is 542. The highest BCUT2D eigenvalue weighted by molar-refractivity contribution is 5.89. The number of nitrogens with two attached hydrogens (primary N) is 2. The van der Waals surface area contributed by atoms with Gasteiger partial charge in [0.25, 0.3) is 0 Å². The van der Waals surface area contributed by atoms with Crippen LogP contribution < -0.4 is 11.5 Å². The van der Waals surface area contributed by atoms with Gasteiger partial charge in [-0.05, 0) is 25.0 Å². The number of aryl methyl sites for hydroxylation is 2. The standard InChI is InChI=1S/C12H15N3O/c1-7-2-3-8-9(4-5-11(13)16)12(14)15-10(8)6-7/h2-3,6,15H,4-5,14H2,1H3,(H2,13,16). The summed E-state index contributed by atoms with van der Waals surface area (Å²) in [5.41, 5.74) is 14.2. The first-order valence-electron chi connectivity index (χ1n) is 5.23. The molecule has 16 heavy (non-hydrogen) atoms. The third-order valence-electron chi connectivity index (χ3n) is 2.72. The highest BCUT2D eigenvalue weighted by Gasteiger charge is 2.09. The van der Waals surface area contributed by atoms with Crippen molar-refractivity contribution in [2.24, 2.45) is 5.73 Å². The number of H-pyrrole nitrogens is 1. The summed E-state index contributed by atoms with van der Waals surface area (Å²) in [6.45, 7) is 2.03. The highest BCUT2D eigenvalue weighted by atomic mass is 16.1. The quantitative estimate of drug-likeness (QED) is 0.727. The lowest BCUT2D eigenvalue weighted by atomic mass is 10.1. The molecule has 0 aliphatic heterocycles. The maximum atomic E-state index is 10.8. The Balaban J connectivity index is 2.43. The van der Waals surface area contributed by atoms with Crippen molar-refractivity contribution in [3.05, 3.63) is 29.3 Å². The van der Waals surface area contributed by atoms with Crippen LogP contribution in [0.5, 0.6) is 0 Å². The van der Waals surface area contributed by atoms with Crippen molar-refractivity contribution in [3.63, 3.8) is 0 Å². The van der Waals surface area contributed by atoms with E-state index in [4.69, 9.17) is 11.5 Å². The van der Waals surface area contributed by atoms with Gasteiger partial charge in [0, 0.05) is 22.9 Å². The normalized spacial score (nSPS) is 10.8. The lowest BCUT2D eigenvalue weighted by molar-refractivity contribution is -0.117. The lowest BCUT2D eigenvalue weighted by Crippen LogP contribution is -2.11. The van der Waals surface area contributed by atoms with E-state index in [9.17, 15) is 4.79 Å². The summed E-state index contributed by atoms with van der Waals surface area (Å²) in [4.78, 5) is 13.9. The van der Waals surface area contributed by atoms with E-state index >= 15 is 0 Å². The second-order valence-corrected chi connectivity index (χ2v) is 4.03. The van der Waals surface area contributed by atoms with E-state index in [0.29, 0.717) is 18.7 Å². The fourth-order valence-corrected chi connectivity index (χ4v) is 1.91. The Hall–Kier alpha value is -1.97. The molecule has 0 atom stereocenters. The third kappa shape index (κ3) is 1.86. The van der Waals surface area contributed by atoms with Crippen LogP contribution in [-0.4, -0.2) is 10.9 Å². The fourth-order valence-electron chi connectivity index (χ4n) is 1.91. The number of carbonyl (C=O) groups excluding carboxylic acids is 1. The van der Waals surface area contributed by atoms with Crippen LogP contribution in [-0.2, 0) is 11.2 Å². The minimum atomic E-state index is -0.305. The molecule has 0 saturated heterocycles. The molecule has 0 aliphatic carbocycles. The number of benzene rings is 1. The molecule has 0 spiro atoms. The second kappa shape index (κ2) is 3.89. The van der Waals surface area contributed by atoms with Crippen molar-refractivity contribution in [2.45, 2.75) is 19.8 Å². The zero-order chi connectivity index (χ0) is 11.7. The second-order valence-electron chi connectivity index (χ2n) is 4.03. The number of primary amides is 1. The van der Waals surface area contributed by atoms with Crippen molar-refractivity contribution >= 4 is 22.6 Å². The fraction of sp³-hybridized carbons (Fsp3) is 0.250. The molecule has 84 valence electrons. The van der Waals surface area contributed by atoms with Crippen molar-refractivity contribution in [2.75, 3.05) is 5.73 Å². The number of carbonyl (C=O) groups is 1. The summed E-state index contributed by atoms with van der Waals surface area (Å²) < 4.78 is 0. The Kier molecular flexibility index (Phi) is 2.56. The summed E-state index contributed by atoms with van der Waals surface area (Å²) in [6, 6.07) is 6.09. The van der Waals surface area contributed by atoms with Gasteiger partial charge in [0.2, 0.25) is 5.91 Å². The molecule has 2 rings (SSSR count). The number of nitrogens with one attached hydrogen (secondary N) is 1. The van der Waals surface area contributed by atoms with Crippen molar-refractivity contribution < 1.29 is 4.79 Å². The first kappa shape index (κ1) is 10.5. The molecule has 0 saturated carbocycles. The van der Waals surface area contributed by atoms with E-state index in [1.54, 1.807) is 0 Å². The monoisotopic (exact) mass is 217 g/mol. The van der Waals surface area contributed by atoms with Crippen molar-refractivity contribution in [3.8, 4) is 0 Å². The molecule has 4 heteroatoms. The Morgan fingerprint density at radius 3 is 2.88 bits per heavy atom. The smallest absolute Gasteiger partial charge is 0.217 e. The Morgan fingerprint density at radius 1 is 1.44 bits per heavy atom. The molecule has 0 radical (unpaired) electrons. The van der Waals surface area contributed by atoms with E-state index in [1.807, 2.05) is 25.1 Å². The van der Waals surface area contributed by atoms with Crippen LogP contribution in [0.2, 0.25) is 0 Å². The molecule has 1 heterocycles. The zero-order valence-corrected chi connectivity index (χ0v) is 9.21. The van der Waals surface area contributed by atoms with Gasteiger partial charge >= 0.3 is 0 Å². The maximum Gasteiger partial charge on any atom is 0.217 e. The van der Waals surface area contributed by atoms with Crippen molar-refractivity contribution in [1.82, 2.24) is 4.98 Å². The molecule has 0 fully saturated rings. The molecule has 2 aromatic rings. The van der Waals surface area contributed by atoms with Crippen LogP contribution in [0.25, 0.3) is 10.9 Å². The molecule has 0 aliphatic rings. The van der Waals surface area contributed by atoms with Gasteiger partial charge < -0.3 is 16.5 Å². The van der Waals surface area contributed by atoms with Crippen molar-refractivity contribution in [1.29, 1.82) is 0 Å². The number of hydrogen-bond donors (Lipinski definition) is 3. The average molecular weight is 217 g/mol. The van der Waals surface area contributed by atoms with Crippen LogP contribution in [0.4, 0.5) is 5.82 Å². The molecule has 5 N–H and O–H groups in total. The number of aromatic nitrogens is 1. The zero-order valence-electron chi connectivity index (χ0n) is 9.21. The van der Waals surface area contributed by atoms with Crippen LogP contribution in [0.3, 0.4) is 0 Å². The van der Waals surface area contributed by atoms with Gasteiger partial charge in [-0.3, -0.25) is 4.79 Å². The van der Waals surface area contributed by atoms with Crippen LogP contribution >= 0.6 is 0 Å². The topological polar surface area (TPSA) is 84.9 Å². The third-order valence-corrected chi connectivity index (χ3v) is 2.72. The number of anilines is 1. The van der Waals surface area contributed by atoms with Crippen LogP contribution in [0.15, 0.2) is 18.2 Å². The number of nitrogen functional groups attached to an aromatic ring is 1. The molecule has 1 aromatic heterocycles. The van der Waals surface area contributed by atoms with E-state index in [1.165, 1.54) is 5.56 Å². The molecule has 4 nitrogen and oxygen atoms in total. The lowest BCUT2D eigenvalue weighted by Gasteiger charge is -1.99. The summed E-state index contributed by atoms with van der Waals surface area (Å²) in [5.74, 6) is 0.322. The first-order chi connectivity index (χ1) is 7.58. The molecule has 0 bridgehead atoms. The van der Waals surface area contributed by atoms with Crippen LogP contribution in [0.1, 0.15) is 17.5 Å². The number of fused-ring (bicyclic) bond motifs is 1. The van der Waals surface area contributed by atoms with Gasteiger partial charge in [0.15, 0.2) is 0 Å². The highest BCUT2D eigenvalue weighted by Crippen LogP contribution is 2.26. The van der Waals surface area contributed by atoms with Gasteiger partial charge in [-0.25, -0.2) is 0 Å². The number of amides is 1. The van der Waals surface area contributed by atoms with Gasteiger partial charge in [-0.2, -0.15) is 0 Å². The SMILES string of the molecule is Cc1ccc2c(CCC(N)=O)c(N)[nH]c2c1. The molecule has 1 aromatic carbocycles. The summed E-state index contributed by atoms with van der Waals surface area (Å²) in [6.07, 6.45) is 0.912. The van der Waals surface area contributed by atoms with Gasteiger partial charge in [0.05, 0.1) is 0 Å².